The molecule has 0 aromatic heterocycles. The van der Waals surface area contributed by atoms with Gasteiger partial charge in [0, 0.05) is 12.0 Å². The molecular weight excluding hydrogens is 274 g/mol. The van der Waals surface area contributed by atoms with E-state index in [1.165, 1.54) is 9.24 Å². The van der Waals surface area contributed by atoms with Crippen LogP contribution in [0.2, 0.25) is 0 Å². The van der Waals surface area contributed by atoms with Crippen LogP contribution in [0.15, 0.2) is 18.2 Å². The summed E-state index contributed by atoms with van der Waals surface area (Å²) >= 11 is 0. The second-order valence-corrected chi connectivity index (χ2v) is 4.47. The highest BCUT2D eigenvalue weighted by molar-refractivity contribution is 7.17. The zero-order chi connectivity index (χ0) is 14.0. The summed E-state index contributed by atoms with van der Waals surface area (Å²) < 4.78 is 63.7. The molecule has 1 unspecified atom stereocenters. The van der Waals surface area contributed by atoms with Gasteiger partial charge in [-0.1, -0.05) is 9.24 Å². The molecule has 0 radical (unpaired) electrons. The number of aryl methyl sites for hydroxylation is 1. The maximum absolute atomic E-state index is 13.1. The van der Waals surface area contributed by atoms with Crippen LogP contribution in [0.1, 0.15) is 23.1 Å². The van der Waals surface area contributed by atoms with E-state index in [9.17, 15) is 26.7 Å². The van der Waals surface area contributed by atoms with Gasteiger partial charge in [0.05, 0.1) is 5.56 Å². The van der Waals surface area contributed by atoms with Crippen molar-refractivity contribution in [2.24, 2.45) is 0 Å². The molecule has 0 spiro atoms. The normalized spacial score (nSPS) is 12.6. The molecule has 0 amide bonds. The predicted molar refractivity (Wildman–Crippen MR) is 59.4 cm³/mol. The third kappa shape index (κ3) is 4.02. The Labute approximate surface area is 103 Å². The van der Waals surface area contributed by atoms with E-state index in [2.05, 4.69) is 0 Å². The quantitative estimate of drug-likeness (QED) is 0.467. The minimum absolute atomic E-state index is 0.00116. The maximum Gasteiger partial charge on any atom is 0.416 e. The second-order valence-electron chi connectivity index (χ2n) is 3.74. The van der Waals surface area contributed by atoms with Crippen molar-refractivity contribution in [3.63, 3.8) is 0 Å². The van der Waals surface area contributed by atoms with Crippen molar-refractivity contribution in [2.75, 3.05) is 0 Å². The number of carbonyl (C=O) groups is 1. The monoisotopic (exact) mass is 284 g/mol. The number of rotatable bonds is 4. The van der Waals surface area contributed by atoms with Crippen molar-refractivity contribution < 1.29 is 26.7 Å². The fourth-order valence-corrected chi connectivity index (χ4v) is 1.58. The van der Waals surface area contributed by atoms with Gasteiger partial charge in [0.1, 0.15) is 6.29 Å². The van der Waals surface area contributed by atoms with Crippen LogP contribution >= 0.6 is 9.24 Å². The van der Waals surface area contributed by atoms with Crippen LogP contribution in [-0.4, -0.2) is 6.29 Å². The van der Waals surface area contributed by atoms with Gasteiger partial charge in [-0.3, -0.25) is 0 Å². The molecule has 0 saturated carbocycles. The predicted octanol–water partition coefficient (Wildman–Crippen LogP) is 3.76. The van der Waals surface area contributed by atoms with Gasteiger partial charge in [0.2, 0.25) is 0 Å². The zero-order valence-corrected chi connectivity index (χ0v) is 10.3. The molecule has 0 bridgehead atoms. The summed E-state index contributed by atoms with van der Waals surface area (Å²) in [7, 11) is 1.19. The Kier molecular flexibility index (Phi) is 4.43. The molecule has 0 aliphatic rings. The topological polar surface area (TPSA) is 17.1 Å². The lowest BCUT2D eigenvalue weighted by Gasteiger charge is -2.15. The van der Waals surface area contributed by atoms with Crippen LogP contribution < -0.4 is 0 Å². The largest absolute Gasteiger partial charge is 0.416 e. The van der Waals surface area contributed by atoms with E-state index in [4.69, 9.17) is 0 Å². The highest BCUT2D eigenvalue weighted by Gasteiger charge is 2.34. The minimum Gasteiger partial charge on any atom is -0.303 e. The van der Waals surface area contributed by atoms with E-state index in [0.717, 1.165) is 12.1 Å². The van der Waals surface area contributed by atoms with Gasteiger partial charge in [-0.25, -0.2) is 0 Å². The summed E-state index contributed by atoms with van der Waals surface area (Å²) in [6.07, 6.45) is -4.18. The van der Waals surface area contributed by atoms with Crippen LogP contribution in [0.3, 0.4) is 0 Å². The molecule has 1 rings (SSSR count). The molecule has 0 aliphatic carbocycles. The molecule has 1 nitrogen and oxygen atoms in total. The number of hydrogen-bond acceptors (Lipinski definition) is 1. The Bertz CT molecular complexity index is 404. The van der Waals surface area contributed by atoms with Crippen LogP contribution in [0.4, 0.5) is 22.0 Å². The smallest absolute Gasteiger partial charge is 0.303 e. The zero-order valence-electron chi connectivity index (χ0n) is 9.10. The summed E-state index contributed by atoms with van der Waals surface area (Å²) in [5.41, 5.74) is -5.24. The number of carbonyl (C=O) groups excluding carboxylic acids is 1. The van der Waals surface area contributed by atoms with Crippen LogP contribution in [0.25, 0.3) is 0 Å². The fourth-order valence-electron chi connectivity index (χ4n) is 1.42. The fraction of sp³-hybridized carbons (Fsp3) is 0.364. The molecule has 0 aliphatic heterocycles. The van der Waals surface area contributed by atoms with Crippen molar-refractivity contribution in [3.8, 4) is 0 Å². The van der Waals surface area contributed by atoms with Gasteiger partial charge < -0.3 is 4.79 Å². The highest BCUT2D eigenvalue weighted by atomic mass is 31.0. The van der Waals surface area contributed by atoms with E-state index in [1.54, 1.807) is 0 Å². The summed E-state index contributed by atoms with van der Waals surface area (Å²) in [6.45, 7) is 0. The standard InChI is InChI=1S/C11H10F5OP/c12-10(13,14)8-4-7(2-1-3-17)5-9(6-8)11(15,16)18/h3-6H,1-2,18H2. The first-order chi connectivity index (χ1) is 8.14. The number of alkyl halides is 5. The summed E-state index contributed by atoms with van der Waals surface area (Å²) in [5.74, 6) is 0. The van der Waals surface area contributed by atoms with Crippen molar-refractivity contribution in [3.05, 3.63) is 34.9 Å². The van der Waals surface area contributed by atoms with E-state index < -0.39 is 23.0 Å². The second kappa shape index (κ2) is 5.31. The summed E-state index contributed by atoms with van der Waals surface area (Å²) in [5, 5.41) is 0. The SMILES string of the molecule is O=CCCc1cc(C(F)(F)F)cc(C(F)(F)P)c1. The van der Waals surface area contributed by atoms with Crippen molar-refractivity contribution in [1.82, 2.24) is 0 Å². The number of halogens is 5. The third-order valence-corrected chi connectivity index (χ3v) is 2.59. The first-order valence-corrected chi connectivity index (χ1v) is 5.54. The molecule has 0 N–H and O–H groups in total. The Morgan fingerprint density at radius 1 is 1.06 bits per heavy atom. The molecule has 0 saturated heterocycles. The first-order valence-electron chi connectivity index (χ1n) is 4.96. The lowest BCUT2D eigenvalue weighted by molar-refractivity contribution is -0.137. The van der Waals surface area contributed by atoms with E-state index in [0.29, 0.717) is 12.4 Å². The molecule has 0 fully saturated rings. The molecule has 7 heteroatoms. The lowest BCUT2D eigenvalue weighted by atomic mass is 10.0. The van der Waals surface area contributed by atoms with Gasteiger partial charge in [0.15, 0.2) is 0 Å². The van der Waals surface area contributed by atoms with Gasteiger partial charge in [-0.2, -0.15) is 22.0 Å². The van der Waals surface area contributed by atoms with Crippen LogP contribution in [-0.2, 0) is 23.1 Å². The Morgan fingerprint density at radius 2 is 1.61 bits per heavy atom. The average Bonchev–Trinajstić information content (AvgIpc) is 2.23. The lowest BCUT2D eigenvalue weighted by Crippen LogP contribution is -2.10. The van der Waals surface area contributed by atoms with Gasteiger partial charge in [-0.15, -0.1) is 0 Å². The van der Waals surface area contributed by atoms with Crippen LogP contribution in [0.5, 0.6) is 0 Å². The molecular formula is C11H10F5OP. The maximum atomic E-state index is 13.1. The number of aldehydes is 1. The molecule has 18 heavy (non-hydrogen) atoms. The molecule has 1 aromatic rings. The molecule has 100 valence electrons. The Balaban J connectivity index is 3.24. The Hall–Kier alpha value is -1.03. The third-order valence-electron chi connectivity index (χ3n) is 2.26. The minimum atomic E-state index is -4.69. The van der Waals surface area contributed by atoms with Crippen molar-refractivity contribution in [2.45, 2.75) is 24.7 Å². The van der Waals surface area contributed by atoms with Gasteiger partial charge in [0.25, 0.3) is 5.66 Å². The van der Waals surface area contributed by atoms with Crippen molar-refractivity contribution >= 4 is 15.5 Å². The molecule has 1 aromatic carbocycles. The molecule has 1 atom stereocenters. The van der Waals surface area contributed by atoms with E-state index >= 15 is 0 Å². The number of benzene rings is 1. The number of hydrogen-bond donors (Lipinski definition) is 0. The van der Waals surface area contributed by atoms with E-state index in [-0.39, 0.29) is 18.4 Å². The van der Waals surface area contributed by atoms with Crippen molar-refractivity contribution in [1.29, 1.82) is 0 Å². The highest BCUT2D eigenvalue weighted by Crippen LogP contribution is 2.39. The van der Waals surface area contributed by atoms with Gasteiger partial charge >= 0.3 is 6.18 Å². The molecule has 0 heterocycles. The summed E-state index contributed by atoms with van der Waals surface area (Å²) in [6, 6.07) is 2.17. The first kappa shape index (κ1) is 15.0. The summed E-state index contributed by atoms with van der Waals surface area (Å²) in [4.78, 5) is 10.2. The van der Waals surface area contributed by atoms with E-state index in [1.807, 2.05) is 0 Å². The van der Waals surface area contributed by atoms with Crippen LogP contribution in [0, 0.1) is 0 Å². The Morgan fingerprint density at radius 3 is 2.06 bits per heavy atom. The van der Waals surface area contributed by atoms with Gasteiger partial charge in [-0.05, 0) is 30.2 Å². The average molecular weight is 284 g/mol.